The predicted octanol–water partition coefficient (Wildman–Crippen LogP) is 1.32. The third-order valence-corrected chi connectivity index (χ3v) is 4.74. The van der Waals surface area contributed by atoms with Gasteiger partial charge in [0.1, 0.15) is 6.04 Å². The Balaban J connectivity index is 2.66. The molecule has 1 aromatic rings. The Kier molecular flexibility index (Phi) is 7.65. The largest absolute Gasteiger partial charge is 0.467 e. The zero-order valence-electron chi connectivity index (χ0n) is 13.7. The van der Waals surface area contributed by atoms with Gasteiger partial charge in [0.2, 0.25) is 15.9 Å². The average Bonchev–Trinajstić information content (AvgIpc) is 2.51. The second kappa shape index (κ2) is 9.00. The van der Waals surface area contributed by atoms with Crippen LogP contribution in [0.4, 0.5) is 0 Å². The third kappa shape index (κ3) is 6.46. The summed E-state index contributed by atoms with van der Waals surface area (Å²) in [6, 6.07) is 4.72. The molecule has 1 rings (SSSR count). The van der Waals surface area contributed by atoms with Crippen LogP contribution in [0.1, 0.15) is 20.3 Å². The molecule has 9 heteroatoms. The first kappa shape index (κ1) is 20.4. The average molecular weight is 377 g/mol. The van der Waals surface area contributed by atoms with Crippen molar-refractivity contribution in [2.45, 2.75) is 31.2 Å². The van der Waals surface area contributed by atoms with Gasteiger partial charge in [0.15, 0.2) is 0 Å². The first-order chi connectivity index (χ1) is 11.2. The summed E-state index contributed by atoms with van der Waals surface area (Å²) in [5.74, 6) is -1.04. The highest BCUT2D eigenvalue weighted by Crippen LogP contribution is 2.13. The number of carbonyl (C=O) groups excluding carboxylic acids is 2. The first-order valence-corrected chi connectivity index (χ1v) is 9.14. The number of carbonyl (C=O) groups is 2. The van der Waals surface area contributed by atoms with Crippen molar-refractivity contribution in [2.24, 2.45) is 5.92 Å². The fourth-order valence-corrected chi connectivity index (χ4v) is 3.04. The molecule has 0 radical (unpaired) electrons. The number of halogens is 1. The second-order valence-corrected chi connectivity index (χ2v) is 7.75. The Bertz CT molecular complexity index is 674. The molecule has 0 saturated heterocycles. The minimum Gasteiger partial charge on any atom is -0.467 e. The Morgan fingerprint density at radius 1 is 1.21 bits per heavy atom. The number of hydrogen-bond donors (Lipinski definition) is 2. The Morgan fingerprint density at radius 2 is 1.79 bits per heavy atom. The van der Waals surface area contributed by atoms with Crippen molar-refractivity contribution in [3.05, 3.63) is 29.3 Å². The number of rotatable bonds is 8. The molecule has 7 nitrogen and oxygen atoms in total. The van der Waals surface area contributed by atoms with Crippen LogP contribution in [-0.4, -0.2) is 40.0 Å². The zero-order chi connectivity index (χ0) is 18.3. The van der Waals surface area contributed by atoms with Crippen LogP contribution in [0, 0.1) is 5.92 Å². The Labute approximate surface area is 146 Å². The number of hydrogen-bond acceptors (Lipinski definition) is 5. The maximum absolute atomic E-state index is 12.1. The smallest absolute Gasteiger partial charge is 0.328 e. The van der Waals surface area contributed by atoms with Gasteiger partial charge in [0.05, 0.1) is 18.6 Å². The molecule has 0 aliphatic heterocycles. The van der Waals surface area contributed by atoms with Crippen molar-refractivity contribution in [1.29, 1.82) is 0 Å². The van der Waals surface area contributed by atoms with Crippen molar-refractivity contribution >= 4 is 33.5 Å². The highest BCUT2D eigenvalue weighted by molar-refractivity contribution is 7.89. The normalized spacial score (nSPS) is 12.7. The van der Waals surface area contributed by atoms with Gasteiger partial charge in [-0.05, 0) is 36.6 Å². The van der Waals surface area contributed by atoms with Gasteiger partial charge < -0.3 is 10.1 Å². The fraction of sp³-hybridized carbons (Fsp3) is 0.467. The van der Waals surface area contributed by atoms with E-state index < -0.39 is 34.5 Å². The van der Waals surface area contributed by atoms with Crippen LogP contribution in [0.25, 0.3) is 0 Å². The summed E-state index contributed by atoms with van der Waals surface area (Å²) in [5, 5.41) is 2.87. The van der Waals surface area contributed by atoms with E-state index in [2.05, 4.69) is 14.8 Å². The molecule has 134 valence electrons. The molecule has 1 unspecified atom stereocenters. The van der Waals surface area contributed by atoms with Crippen molar-refractivity contribution in [3.63, 3.8) is 0 Å². The molecular weight excluding hydrogens is 356 g/mol. The van der Waals surface area contributed by atoms with Crippen LogP contribution in [0.15, 0.2) is 29.2 Å². The quantitative estimate of drug-likeness (QED) is 0.666. The van der Waals surface area contributed by atoms with E-state index in [4.69, 9.17) is 11.6 Å². The zero-order valence-corrected chi connectivity index (χ0v) is 15.3. The van der Waals surface area contributed by atoms with E-state index >= 15 is 0 Å². The van der Waals surface area contributed by atoms with E-state index in [1.165, 1.54) is 31.4 Å². The summed E-state index contributed by atoms with van der Waals surface area (Å²) < 4.78 is 31.0. The molecule has 0 bridgehead atoms. The van der Waals surface area contributed by atoms with Gasteiger partial charge in [-0.2, -0.15) is 0 Å². The van der Waals surface area contributed by atoms with E-state index in [1.54, 1.807) is 0 Å². The highest BCUT2D eigenvalue weighted by Gasteiger charge is 2.23. The molecule has 1 aromatic carbocycles. The number of ether oxygens (including phenoxy) is 1. The Morgan fingerprint density at radius 3 is 2.29 bits per heavy atom. The molecule has 1 amide bonds. The maximum atomic E-state index is 12.1. The summed E-state index contributed by atoms with van der Waals surface area (Å²) in [4.78, 5) is 23.6. The van der Waals surface area contributed by atoms with Crippen molar-refractivity contribution in [1.82, 2.24) is 10.0 Å². The van der Waals surface area contributed by atoms with E-state index in [9.17, 15) is 18.0 Å². The van der Waals surface area contributed by atoms with E-state index in [-0.39, 0.29) is 10.8 Å². The molecular formula is C15H21ClN2O5S. The van der Waals surface area contributed by atoms with E-state index in [0.717, 1.165) is 0 Å². The SMILES string of the molecule is COC(=O)C(CC(C)C)NC(=O)CNS(=O)(=O)c1ccc(Cl)cc1. The molecule has 24 heavy (non-hydrogen) atoms. The number of methoxy groups -OCH3 is 1. The van der Waals surface area contributed by atoms with Crippen molar-refractivity contribution in [3.8, 4) is 0 Å². The second-order valence-electron chi connectivity index (χ2n) is 5.55. The molecule has 0 aromatic heterocycles. The number of nitrogens with one attached hydrogen (secondary N) is 2. The van der Waals surface area contributed by atoms with Gasteiger partial charge in [-0.15, -0.1) is 0 Å². The maximum Gasteiger partial charge on any atom is 0.328 e. The van der Waals surface area contributed by atoms with E-state index in [0.29, 0.717) is 11.4 Å². The third-order valence-electron chi connectivity index (χ3n) is 3.07. The number of sulfonamides is 1. The lowest BCUT2D eigenvalue weighted by Gasteiger charge is -2.18. The van der Waals surface area contributed by atoms with Crippen LogP contribution in [0.3, 0.4) is 0 Å². The summed E-state index contributed by atoms with van der Waals surface area (Å²) in [6.45, 7) is 3.30. The topological polar surface area (TPSA) is 102 Å². The van der Waals surface area contributed by atoms with Crippen molar-refractivity contribution < 1.29 is 22.7 Å². The first-order valence-electron chi connectivity index (χ1n) is 7.28. The molecule has 0 aliphatic carbocycles. The molecule has 0 heterocycles. The molecule has 0 aliphatic rings. The van der Waals surface area contributed by atoms with Crippen LogP contribution in [0.5, 0.6) is 0 Å². The fourth-order valence-electron chi connectivity index (χ4n) is 1.93. The predicted molar refractivity (Wildman–Crippen MR) is 90.0 cm³/mol. The van der Waals surface area contributed by atoms with Gasteiger partial charge in [0.25, 0.3) is 0 Å². The minimum atomic E-state index is -3.84. The van der Waals surface area contributed by atoms with Crippen LogP contribution in [0.2, 0.25) is 5.02 Å². The summed E-state index contributed by atoms with van der Waals surface area (Å²) in [6.07, 6.45) is 0.391. The van der Waals surface area contributed by atoms with Crippen LogP contribution < -0.4 is 10.0 Å². The summed E-state index contributed by atoms with van der Waals surface area (Å²) >= 11 is 5.71. The lowest BCUT2D eigenvalue weighted by Crippen LogP contribution is -2.46. The van der Waals surface area contributed by atoms with Gasteiger partial charge >= 0.3 is 5.97 Å². The summed E-state index contributed by atoms with van der Waals surface area (Å²) in [7, 11) is -2.62. The summed E-state index contributed by atoms with van der Waals surface area (Å²) in [5.41, 5.74) is 0. The molecule has 0 saturated carbocycles. The number of benzene rings is 1. The number of esters is 1. The van der Waals surface area contributed by atoms with Gasteiger partial charge in [-0.3, -0.25) is 4.79 Å². The Hall–Kier alpha value is -1.64. The lowest BCUT2D eigenvalue weighted by molar-refractivity contribution is -0.145. The molecule has 2 N–H and O–H groups in total. The molecule has 0 spiro atoms. The molecule has 0 fully saturated rings. The van der Waals surface area contributed by atoms with Crippen molar-refractivity contribution in [2.75, 3.05) is 13.7 Å². The van der Waals surface area contributed by atoms with E-state index in [1.807, 2.05) is 13.8 Å². The monoisotopic (exact) mass is 376 g/mol. The highest BCUT2D eigenvalue weighted by atomic mass is 35.5. The van der Waals surface area contributed by atoms with Gasteiger partial charge in [0, 0.05) is 5.02 Å². The lowest BCUT2D eigenvalue weighted by atomic mass is 10.0. The van der Waals surface area contributed by atoms with Gasteiger partial charge in [-0.25, -0.2) is 17.9 Å². The standard InChI is InChI=1S/C15H21ClN2O5S/c1-10(2)8-13(15(20)23-3)18-14(19)9-17-24(21,22)12-6-4-11(16)5-7-12/h4-7,10,13,17H,8-9H2,1-3H3,(H,18,19). The minimum absolute atomic E-state index is 0.00796. The van der Waals surface area contributed by atoms with Gasteiger partial charge in [-0.1, -0.05) is 25.4 Å². The molecule has 1 atom stereocenters. The van der Waals surface area contributed by atoms with Crippen LogP contribution in [-0.2, 0) is 24.3 Å². The number of amides is 1. The van der Waals surface area contributed by atoms with Crippen LogP contribution >= 0.6 is 11.6 Å².